The molecule has 0 aliphatic heterocycles. The second kappa shape index (κ2) is 6.71. The fourth-order valence-electron chi connectivity index (χ4n) is 3.87. The van der Waals surface area contributed by atoms with E-state index in [1.807, 2.05) is 30.6 Å². The van der Waals surface area contributed by atoms with Gasteiger partial charge in [-0.15, -0.1) is 0 Å². The van der Waals surface area contributed by atoms with Crippen LogP contribution in [0.5, 0.6) is 11.5 Å². The van der Waals surface area contributed by atoms with Crippen molar-refractivity contribution in [3.63, 3.8) is 0 Å². The van der Waals surface area contributed by atoms with Crippen LogP contribution in [0.3, 0.4) is 0 Å². The molecule has 0 saturated carbocycles. The minimum absolute atomic E-state index is 0.703. The maximum atomic E-state index is 5.45. The first-order valence-electron chi connectivity index (χ1n) is 9.43. The molecule has 29 heavy (non-hydrogen) atoms. The van der Waals surface area contributed by atoms with Crippen molar-refractivity contribution < 1.29 is 9.47 Å². The van der Waals surface area contributed by atoms with Gasteiger partial charge in [0.2, 0.25) is 0 Å². The van der Waals surface area contributed by atoms with E-state index >= 15 is 0 Å². The van der Waals surface area contributed by atoms with Crippen molar-refractivity contribution in [1.82, 2.24) is 14.5 Å². The standard InChI is InChI=1S/C24H21N3O2/c1-27-9-8-17-10-16(4-6-21(17)27)20-14-26-24-19(20)11-18(13-25-24)15-5-7-22(28-2)23(12-15)29-3/h4-14H,1-3H3,(H,25,26). The van der Waals surface area contributed by atoms with Crippen molar-refractivity contribution in [2.75, 3.05) is 14.2 Å². The maximum absolute atomic E-state index is 5.45. The van der Waals surface area contributed by atoms with E-state index < -0.39 is 0 Å². The number of aromatic amines is 1. The lowest BCUT2D eigenvalue weighted by Gasteiger charge is -2.10. The lowest BCUT2D eigenvalue weighted by molar-refractivity contribution is 0.355. The molecule has 0 radical (unpaired) electrons. The van der Waals surface area contributed by atoms with Crippen molar-refractivity contribution in [3.05, 3.63) is 67.1 Å². The van der Waals surface area contributed by atoms with Crippen LogP contribution < -0.4 is 9.47 Å². The van der Waals surface area contributed by atoms with E-state index in [0.29, 0.717) is 11.5 Å². The topological polar surface area (TPSA) is 52.1 Å². The summed E-state index contributed by atoms with van der Waals surface area (Å²) in [7, 11) is 5.35. The van der Waals surface area contributed by atoms with Gasteiger partial charge >= 0.3 is 0 Å². The molecular formula is C24H21N3O2. The Hall–Kier alpha value is -3.73. The summed E-state index contributed by atoms with van der Waals surface area (Å²) in [5.41, 5.74) is 6.46. The van der Waals surface area contributed by atoms with Crippen LogP contribution in [-0.4, -0.2) is 28.8 Å². The van der Waals surface area contributed by atoms with Gasteiger partial charge in [-0.2, -0.15) is 0 Å². The molecule has 2 aromatic carbocycles. The van der Waals surface area contributed by atoms with E-state index in [-0.39, 0.29) is 0 Å². The molecule has 144 valence electrons. The van der Waals surface area contributed by atoms with Gasteiger partial charge in [0.25, 0.3) is 0 Å². The first kappa shape index (κ1) is 17.4. The zero-order valence-corrected chi connectivity index (χ0v) is 16.6. The molecular weight excluding hydrogens is 362 g/mol. The predicted molar refractivity (Wildman–Crippen MR) is 117 cm³/mol. The smallest absolute Gasteiger partial charge is 0.161 e. The van der Waals surface area contributed by atoms with Gasteiger partial charge in [0.1, 0.15) is 5.65 Å². The highest BCUT2D eigenvalue weighted by molar-refractivity contribution is 5.98. The number of H-pyrrole nitrogens is 1. The van der Waals surface area contributed by atoms with Crippen LogP contribution in [0.2, 0.25) is 0 Å². The molecule has 5 heteroatoms. The third-order valence-corrected chi connectivity index (χ3v) is 5.44. The van der Waals surface area contributed by atoms with E-state index in [1.165, 1.54) is 16.5 Å². The average molecular weight is 383 g/mol. The maximum Gasteiger partial charge on any atom is 0.161 e. The molecule has 3 heterocycles. The number of aromatic nitrogens is 3. The van der Waals surface area contributed by atoms with Crippen LogP contribution in [0.1, 0.15) is 0 Å². The van der Waals surface area contributed by atoms with Crippen molar-refractivity contribution >= 4 is 21.9 Å². The molecule has 0 aliphatic carbocycles. The zero-order valence-electron chi connectivity index (χ0n) is 16.6. The zero-order chi connectivity index (χ0) is 20.0. The second-order valence-corrected chi connectivity index (χ2v) is 7.09. The Morgan fingerprint density at radius 3 is 2.52 bits per heavy atom. The summed E-state index contributed by atoms with van der Waals surface area (Å²) in [6, 6.07) is 16.8. The van der Waals surface area contributed by atoms with Crippen molar-refractivity contribution in [2.24, 2.45) is 7.05 Å². The van der Waals surface area contributed by atoms with Gasteiger partial charge in [0.05, 0.1) is 14.2 Å². The average Bonchev–Trinajstić information content (AvgIpc) is 3.36. The van der Waals surface area contributed by atoms with Crippen molar-refractivity contribution in [1.29, 1.82) is 0 Å². The van der Waals surface area contributed by atoms with Gasteiger partial charge in [-0.1, -0.05) is 12.1 Å². The lowest BCUT2D eigenvalue weighted by atomic mass is 10.0. The summed E-state index contributed by atoms with van der Waals surface area (Å²) in [6.45, 7) is 0. The number of hydrogen-bond acceptors (Lipinski definition) is 3. The minimum atomic E-state index is 0.703. The summed E-state index contributed by atoms with van der Waals surface area (Å²) in [4.78, 5) is 7.93. The number of nitrogens with one attached hydrogen (secondary N) is 1. The van der Waals surface area contributed by atoms with Gasteiger partial charge in [-0.05, 0) is 47.5 Å². The highest BCUT2D eigenvalue weighted by Gasteiger charge is 2.12. The van der Waals surface area contributed by atoms with Crippen LogP contribution in [0.4, 0.5) is 0 Å². The van der Waals surface area contributed by atoms with E-state index in [1.54, 1.807) is 14.2 Å². The van der Waals surface area contributed by atoms with Gasteiger partial charge in [-0.25, -0.2) is 4.98 Å². The van der Waals surface area contributed by atoms with Gasteiger partial charge < -0.3 is 19.0 Å². The summed E-state index contributed by atoms with van der Waals surface area (Å²) in [5, 5.41) is 2.32. The van der Waals surface area contributed by atoms with Crippen LogP contribution in [-0.2, 0) is 7.05 Å². The Morgan fingerprint density at radius 1 is 0.862 bits per heavy atom. The molecule has 0 spiro atoms. The van der Waals surface area contributed by atoms with E-state index in [0.717, 1.165) is 27.7 Å². The molecule has 0 aliphatic rings. The Labute approximate surface area is 168 Å². The quantitative estimate of drug-likeness (QED) is 0.452. The van der Waals surface area contributed by atoms with E-state index in [2.05, 4.69) is 58.1 Å². The normalized spacial score (nSPS) is 11.3. The van der Waals surface area contributed by atoms with Gasteiger partial charge in [-0.3, -0.25) is 0 Å². The number of methoxy groups -OCH3 is 2. The highest BCUT2D eigenvalue weighted by Crippen LogP contribution is 2.35. The number of aryl methyl sites for hydroxylation is 1. The lowest BCUT2D eigenvalue weighted by Crippen LogP contribution is -1.91. The Morgan fingerprint density at radius 2 is 1.69 bits per heavy atom. The molecule has 5 nitrogen and oxygen atoms in total. The Kier molecular flexibility index (Phi) is 4.02. The monoisotopic (exact) mass is 383 g/mol. The number of fused-ring (bicyclic) bond motifs is 2. The largest absolute Gasteiger partial charge is 0.493 e. The molecule has 0 atom stereocenters. The number of hydrogen-bond donors (Lipinski definition) is 1. The number of pyridine rings is 1. The first-order chi connectivity index (χ1) is 14.2. The van der Waals surface area contributed by atoms with E-state index in [4.69, 9.17) is 9.47 Å². The summed E-state index contributed by atoms with van der Waals surface area (Å²) < 4.78 is 12.9. The van der Waals surface area contributed by atoms with Crippen LogP contribution in [0, 0.1) is 0 Å². The minimum Gasteiger partial charge on any atom is -0.493 e. The van der Waals surface area contributed by atoms with E-state index in [9.17, 15) is 0 Å². The van der Waals surface area contributed by atoms with Crippen LogP contribution >= 0.6 is 0 Å². The second-order valence-electron chi connectivity index (χ2n) is 7.09. The summed E-state index contributed by atoms with van der Waals surface area (Å²) >= 11 is 0. The third kappa shape index (κ3) is 2.83. The van der Waals surface area contributed by atoms with Crippen LogP contribution in [0.15, 0.2) is 67.1 Å². The number of benzene rings is 2. The predicted octanol–water partition coefficient (Wildman–Crippen LogP) is 5.41. The Balaban J connectivity index is 1.63. The summed E-state index contributed by atoms with van der Waals surface area (Å²) in [5.74, 6) is 1.41. The highest BCUT2D eigenvalue weighted by atomic mass is 16.5. The molecule has 0 fully saturated rings. The van der Waals surface area contributed by atoms with Crippen molar-refractivity contribution in [2.45, 2.75) is 0 Å². The molecule has 3 aromatic heterocycles. The molecule has 0 unspecified atom stereocenters. The molecule has 5 rings (SSSR count). The van der Waals surface area contributed by atoms with Crippen molar-refractivity contribution in [3.8, 4) is 33.8 Å². The molecule has 0 bridgehead atoms. The Bertz CT molecular complexity index is 1350. The number of rotatable bonds is 4. The summed E-state index contributed by atoms with van der Waals surface area (Å²) in [6.07, 6.45) is 5.99. The third-order valence-electron chi connectivity index (χ3n) is 5.44. The SMILES string of the molecule is COc1ccc(-c2cnc3[nH]cc(-c4ccc5c(ccn5C)c4)c3c2)cc1OC. The fraction of sp³-hybridized carbons (Fsp3) is 0.125. The first-order valence-corrected chi connectivity index (χ1v) is 9.43. The van der Waals surface area contributed by atoms with Crippen LogP contribution in [0.25, 0.3) is 44.2 Å². The van der Waals surface area contributed by atoms with Gasteiger partial charge in [0.15, 0.2) is 11.5 Å². The number of ether oxygens (including phenoxy) is 2. The molecule has 1 N–H and O–H groups in total. The fourth-order valence-corrected chi connectivity index (χ4v) is 3.87. The van der Waals surface area contributed by atoms with Gasteiger partial charge in [0, 0.05) is 53.1 Å². The molecule has 0 amide bonds. The molecule has 0 saturated heterocycles. The number of nitrogens with zero attached hydrogens (tertiary/aromatic N) is 2. The molecule has 5 aromatic rings.